The molecule has 0 saturated heterocycles. The first-order valence-corrected chi connectivity index (χ1v) is 33.5. The van der Waals surface area contributed by atoms with Crippen LogP contribution in [-0.4, -0.2) is 96.4 Å². The summed E-state index contributed by atoms with van der Waals surface area (Å²) in [7, 11) is -8.92. The molecule has 4 aromatic heterocycles. The smallest absolute Gasteiger partial charge is 0.407 e. The minimum atomic E-state index is -4.53. The number of hydrogen-bond donors (Lipinski definition) is 8. The summed E-state index contributed by atoms with van der Waals surface area (Å²) in [5, 5.41) is 18.2. The summed E-state index contributed by atoms with van der Waals surface area (Å²) in [6.07, 6.45) is 8.42. The standard InChI is InChI=1S/C60H77FN12O10S4/c1-35(2)82-57(76)69-39-19-15-37(16-20-39)53-64-34-49(84-53)44-25-23-41(67-55(74)65-32-43-13-10-11-27-62-43)29-50(44)87(80,81)73-60(8,9)31-47-52(85-54(71-47)38-17-21-40(22-18-38)70-58(77)83-36(3)4)45-26-24-42(30-51(45)86(78,79)72-59(5,6)7)68-56(75)66-33-48-46(61)14-12-28-63-48/h10-14,23-30,34-40,72-73H,15-22,31-33H2,1-9H3,(H,69,76)(H,70,77)(H2,65,67,74)(H2,66,68,75). The number of rotatable bonds is 21. The summed E-state index contributed by atoms with van der Waals surface area (Å²) in [5.74, 6) is -0.673. The fourth-order valence-corrected chi connectivity index (χ4v) is 16.2. The van der Waals surface area contributed by atoms with Gasteiger partial charge in [0.05, 0.1) is 71.9 Å². The van der Waals surface area contributed by atoms with Gasteiger partial charge in [0.1, 0.15) is 5.82 Å². The normalized spacial score (nSPS) is 17.5. The molecule has 0 bridgehead atoms. The van der Waals surface area contributed by atoms with E-state index in [0.717, 1.165) is 17.8 Å². The second kappa shape index (κ2) is 28.3. The Bertz CT molecular complexity index is 3640. The molecule has 6 amide bonds. The molecule has 2 aromatic carbocycles. The van der Waals surface area contributed by atoms with Crippen molar-refractivity contribution in [3.05, 3.63) is 118 Å². The molecule has 4 heterocycles. The maximum Gasteiger partial charge on any atom is 0.407 e. The highest BCUT2D eigenvalue weighted by atomic mass is 32.2. The number of urea groups is 2. The number of aromatic nitrogens is 4. The Hall–Kier alpha value is -7.17. The lowest BCUT2D eigenvalue weighted by atomic mass is 9.86. The second-order valence-electron chi connectivity index (χ2n) is 24.0. The van der Waals surface area contributed by atoms with Crippen molar-refractivity contribution in [1.29, 1.82) is 0 Å². The van der Waals surface area contributed by atoms with Gasteiger partial charge in [0.15, 0.2) is 0 Å². The second-order valence-corrected chi connectivity index (χ2v) is 29.4. The van der Waals surface area contributed by atoms with E-state index in [1.807, 2.05) is 0 Å². The van der Waals surface area contributed by atoms with Gasteiger partial charge < -0.3 is 41.4 Å². The van der Waals surface area contributed by atoms with Gasteiger partial charge in [-0.15, -0.1) is 22.7 Å². The predicted octanol–water partition coefficient (Wildman–Crippen LogP) is 11.2. The molecule has 2 fully saturated rings. The number of hydrogen-bond acceptors (Lipinski definition) is 16. The van der Waals surface area contributed by atoms with Crippen molar-refractivity contribution < 1.29 is 49.9 Å². The van der Waals surface area contributed by atoms with E-state index in [-0.39, 0.29) is 88.1 Å². The quantitative estimate of drug-likeness (QED) is 0.0332. The summed E-state index contributed by atoms with van der Waals surface area (Å²) in [4.78, 5) is 70.5. The molecular formula is C60H77FN12O10S4. The number of halogens is 1. The van der Waals surface area contributed by atoms with E-state index in [0.29, 0.717) is 70.2 Å². The molecule has 22 nitrogen and oxygen atoms in total. The fourth-order valence-electron chi connectivity index (χ4n) is 10.4. The van der Waals surface area contributed by atoms with Crippen molar-refractivity contribution >= 4 is 78.3 Å². The molecule has 468 valence electrons. The Kier molecular flexibility index (Phi) is 21.4. The highest BCUT2D eigenvalue weighted by Gasteiger charge is 2.36. The van der Waals surface area contributed by atoms with Crippen molar-refractivity contribution in [2.75, 3.05) is 10.6 Å². The summed E-state index contributed by atoms with van der Waals surface area (Å²) >= 11 is 2.66. The Morgan fingerprint density at radius 3 is 1.71 bits per heavy atom. The lowest BCUT2D eigenvalue weighted by Gasteiger charge is -2.28. The zero-order valence-corrected chi connectivity index (χ0v) is 53.5. The molecule has 0 unspecified atom stereocenters. The lowest BCUT2D eigenvalue weighted by Crippen LogP contribution is -2.45. The first-order valence-electron chi connectivity index (χ1n) is 28.9. The molecular weight excluding hydrogens is 1200 g/mol. The van der Waals surface area contributed by atoms with Crippen LogP contribution in [0.25, 0.3) is 20.9 Å². The molecule has 0 atom stereocenters. The van der Waals surface area contributed by atoms with Crippen molar-refractivity contribution in [2.45, 2.75) is 190 Å². The average Bonchev–Trinajstić information content (AvgIpc) is 1.89. The summed E-state index contributed by atoms with van der Waals surface area (Å²) < 4.78 is 90.8. The maximum atomic E-state index is 15.3. The number of thiazole rings is 2. The van der Waals surface area contributed by atoms with Crippen LogP contribution in [0.2, 0.25) is 0 Å². The number of anilines is 2. The van der Waals surface area contributed by atoms with Crippen LogP contribution >= 0.6 is 22.7 Å². The van der Waals surface area contributed by atoms with Gasteiger partial charge in [-0.2, -0.15) is 0 Å². The highest BCUT2D eigenvalue weighted by Crippen LogP contribution is 2.44. The third-order valence-electron chi connectivity index (χ3n) is 14.2. The van der Waals surface area contributed by atoms with Crippen LogP contribution in [-0.2, 0) is 49.0 Å². The van der Waals surface area contributed by atoms with Crippen molar-refractivity contribution in [3.63, 3.8) is 0 Å². The molecule has 87 heavy (non-hydrogen) atoms. The number of ether oxygens (including phenoxy) is 2. The van der Waals surface area contributed by atoms with Gasteiger partial charge in [0.2, 0.25) is 20.0 Å². The highest BCUT2D eigenvalue weighted by molar-refractivity contribution is 7.90. The van der Waals surface area contributed by atoms with E-state index in [1.165, 1.54) is 59.2 Å². The van der Waals surface area contributed by atoms with Crippen LogP contribution < -0.4 is 41.3 Å². The SMILES string of the molecule is CC(C)OC(=O)NC1CCC(c2ncc(-c3ccc(NC(=O)NCc4ccccn4)cc3S(=O)(=O)NC(C)(C)Cc3nc(C4CCC(NC(=O)OC(C)C)CC4)sc3-c3ccc(NC(=O)NCc4ncccc4F)cc3S(=O)(=O)NC(C)(C)C)s2)CC1. The number of carbonyl (C=O) groups excluding carboxylic acids is 4. The van der Waals surface area contributed by atoms with Crippen LogP contribution in [0.3, 0.4) is 0 Å². The summed E-state index contributed by atoms with van der Waals surface area (Å²) in [6, 6.07) is 15.5. The Morgan fingerprint density at radius 1 is 0.621 bits per heavy atom. The zero-order chi connectivity index (χ0) is 62.8. The van der Waals surface area contributed by atoms with Crippen molar-refractivity contribution in [3.8, 4) is 20.9 Å². The average molecular weight is 1270 g/mol. The zero-order valence-electron chi connectivity index (χ0n) is 50.2. The molecule has 2 saturated carbocycles. The van der Waals surface area contributed by atoms with Gasteiger partial charge in [-0.25, -0.2) is 59.8 Å². The van der Waals surface area contributed by atoms with Crippen LogP contribution in [0, 0.1) is 5.82 Å². The van der Waals surface area contributed by atoms with E-state index in [2.05, 4.69) is 51.3 Å². The molecule has 6 aromatic rings. The van der Waals surface area contributed by atoms with Crippen LogP contribution in [0.1, 0.15) is 153 Å². The first kappa shape index (κ1) is 65.8. The predicted molar refractivity (Wildman–Crippen MR) is 333 cm³/mol. The van der Waals surface area contributed by atoms with Crippen LogP contribution in [0.4, 0.5) is 34.9 Å². The Balaban J connectivity index is 1.13. The molecule has 2 aliphatic carbocycles. The molecule has 0 radical (unpaired) electrons. The molecule has 0 aliphatic heterocycles. The van der Waals surface area contributed by atoms with Gasteiger partial charge in [0.25, 0.3) is 0 Å². The minimum Gasteiger partial charge on any atom is -0.447 e. The van der Waals surface area contributed by atoms with E-state index in [4.69, 9.17) is 19.4 Å². The Labute approximate surface area is 516 Å². The summed E-state index contributed by atoms with van der Waals surface area (Å²) in [6.45, 7) is 15.5. The van der Waals surface area contributed by atoms with Gasteiger partial charge in [0, 0.05) is 82.5 Å². The largest absolute Gasteiger partial charge is 0.447 e. The van der Waals surface area contributed by atoms with Crippen molar-refractivity contribution in [2.24, 2.45) is 0 Å². The number of benzene rings is 2. The molecule has 8 rings (SSSR count). The van der Waals surface area contributed by atoms with Gasteiger partial charge >= 0.3 is 24.2 Å². The molecule has 27 heteroatoms. The first-order chi connectivity index (χ1) is 41.1. The summed E-state index contributed by atoms with van der Waals surface area (Å²) in [5.41, 5.74) is -0.445. The fraction of sp³-hybridized carbons (Fsp3) is 0.467. The molecule has 0 spiro atoms. The number of nitrogens with one attached hydrogen (secondary N) is 8. The Morgan fingerprint density at radius 2 is 1.16 bits per heavy atom. The lowest BCUT2D eigenvalue weighted by molar-refractivity contribution is 0.108. The number of pyridine rings is 2. The van der Waals surface area contributed by atoms with Crippen molar-refractivity contribution in [1.82, 2.24) is 50.6 Å². The number of nitrogens with zero attached hydrogens (tertiary/aromatic N) is 4. The van der Waals surface area contributed by atoms with Gasteiger partial charge in [-0.1, -0.05) is 18.2 Å². The molecule has 2 aliphatic rings. The number of sulfonamides is 2. The van der Waals surface area contributed by atoms with Crippen LogP contribution in [0.15, 0.2) is 95.1 Å². The maximum absolute atomic E-state index is 15.3. The third kappa shape index (κ3) is 18.7. The number of carbonyl (C=O) groups is 4. The number of alkyl carbamates (subject to hydrolysis) is 2. The van der Waals surface area contributed by atoms with Gasteiger partial charge in [-0.05, 0) is 162 Å². The van der Waals surface area contributed by atoms with E-state index in [1.54, 1.807) is 111 Å². The monoisotopic (exact) mass is 1270 g/mol. The van der Waals surface area contributed by atoms with Crippen LogP contribution in [0.5, 0.6) is 0 Å². The third-order valence-corrected chi connectivity index (χ3v) is 20.2. The minimum absolute atomic E-state index is 0.00201. The number of amides is 6. The molecule has 8 N–H and O–H groups in total. The topological polar surface area (TPSA) is 303 Å². The van der Waals surface area contributed by atoms with E-state index in [9.17, 15) is 32.0 Å². The van der Waals surface area contributed by atoms with Gasteiger partial charge in [-0.3, -0.25) is 9.97 Å². The van der Waals surface area contributed by atoms with E-state index < -0.39 is 61.2 Å². The van der Waals surface area contributed by atoms with E-state index >= 15 is 8.42 Å².